The highest BCUT2D eigenvalue weighted by Crippen LogP contribution is 2.16. The van der Waals surface area contributed by atoms with E-state index in [1.165, 1.54) is 0 Å². The summed E-state index contributed by atoms with van der Waals surface area (Å²) >= 11 is 0. The first-order valence-corrected chi connectivity index (χ1v) is 7.81. The number of nitrogens with one attached hydrogen (secondary N) is 1. The monoisotopic (exact) mass is 309 g/mol. The van der Waals surface area contributed by atoms with Gasteiger partial charge in [0.1, 0.15) is 0 Å². The van der Waals surface area contributed by atoms with Crippen molar-refractivity contribution >= 4 is 5.96 Å². The van der Waals surface area contributed by atoms with E-state index in [1.807, 2.05) is 19.6 Å². The third kappa shape index (κ3) is 5.31. The molecule has 2 heterocycles. The Morgan fingerprint density at radius 3 is 3.09 bits per heavy atom. The lowest BCUT2D eigenvalue weighted by molar-refractivity contribution is 0.0536. The van der Waals surface area contributed by atoms with Crippen molar-refractivity contribution < 1.29 is 9.47 Å². The topological polar surface area (TPSA) is 63.9 Å². The maximum Gasteiger partial charge on any atom is 0.193 e. The fraction of sp³-hybridized carbons (Fsp3) is 0.733. The van der Waals surface area contributed by atoms with Gasteiger partial charge in [0.25, 0.3) is 0 Å². The van der Waals surface area contributed by atoms with Gasteiger partial charge in [-0.2, -0.15) is 0 Å². The highest BCUT2D eigenvalue weighted by molar-refractivity contribution is 5.80. The Morgan fingerprint density at radius 2 is 2.36 bits per heavy atom. The fourth-order valence-electron chi connectivity index (χ4n) is 2.60. The first-order chi connectivity index (χ1) is 10.8. The zero-order valence-electron chi connectivity index (χ0n) is 13.6. The number of likely N-dealkylation sites (tertiary alicyclic amines) is 1. The summed E-state index contributed by atoms with van der Waals surface area (Å²) in [5.41, 5.74) is 0. The molecule has 0 radical (unpaired) electrons. The van der Waals surface area contributed by atoms with Crippen LogP contribution in [0.4, 0.5) is 0 Å². The van der Waals surface area contributed by atoms with E-state index in [9.17, 15) is 0 Å². The zero-order chi connectivity index (χ0) is 15.6. The molecule has 2 rings (SSSR count). The van der Waals surface area contributed by atoms with Crippen LogP contribution in [0.1, 0.15) is 6.42 Å². The Hall–Kier alpha value is -1.60. The predicted octanol–water partition coefficient (Wildman–Crippen LogP) is 0.443. The number of hydrogen-bond donors (Lipinski definition) is 1. The Balaban J connectivity index is 1.66. The molecule has 124 valence electrons. The smallest absolute Gasteiger partial charge is 0.193 e. The van der Waals surface area contributed by atoms with Crippen molar-refractivity contribution in [2.24, 2.45) is 10.9 Å². The molecule has 1 atom stereocenters. The largest absolute Gasteiger partial charge is 0.382 e. The highest BCUT2D eigenvalue weighted by atomic mass is 16.5. The molecule has 0 saturated carbocycles. The van der Waals surface area contributed by atoms with E-state index in [0.717, 1.165) is 45.2 Å². The Bertz CT molecular complexity index is 435. The van der Waals surface area contributed by atoms with Crippen LogP contribution < -0.4 is 5.32 Å². The second-order valence-electron chi connectivity index (χ2n) is 5.44. The predicted molar refractivity (Wildman–Crippen MR) is 86.0 cm³/mol. The minimum Gasteiger partial charge on any atom is -0.382 e. The number of rotatable bonds is 8. The van der Waals surface area contributed by atoms with Crippen LogP contribution in [0, 0.1) is 5.92 Å². The van der Waals surface area contributed by atoms with Crippen LogP contribution in [-0.4, -0.2) is 74.0 Å². The molecule has 22 heavy (non-hydrogen) atoms. The summed E-state index contributed by atoms with van der Waals surface area (Å²) in [6.07, 6.45) is 6.74. The number of imidazole rings is 1. The van der Waals surface area contributed by atoms with Crippen LogP contribution in [0.25, 0.3) is 0 Å². The Kier molecular flexibility index (Phi) is 7.18. The second-order valence-corrected chi connectivity index (χ2v) is 5.44. The van der Waals surface area contributed by atoms with Gasteiger partial charge in [0.15, 0.2) is 5.96 Å². The van der Waals surface area contributed by atoms with Crippen LogP contribution >= 0.6 is 0 Å². The zero-order valence-corrected chi connectivity index (χ0v) is 13.6. The lowest BCUT2D eigenvalue weighted by atomic mass is 10.1. The molecule has 1 aromatic heterocycles. The summed E-state index contributed by atoms with van der Waals surface area (Å²) in [5, 5.41) is 3.41. The number of ether oxygens (including phenoxy) is 2. The molecule has 0 spiro atoms. The molecule has 0 bridgehead atoms. The van der Waals surface area contributed by atoms with Gasteiger partial charge in [0.2, 0.25) is 0 Å². The van der Waals surface area contributed by atoms with Gasteiger partial charge in [-0.1, -0.05) is 0 Å². The van der Waals surface area contributed by atoms with E-state index in [2.05, 4.69) is 24.8 Å². The molecule has 1 N–H and O–H groups in total. The summed E-state index contributed by atoms with van der Waals surface area (Å²) in [7, 11) is 3.53. The van der Waals surface area contributed by atoms with Crippen molar-refractivity contribution in [3.63, 3.8) is 0 Å². The van der Waals surface area contributed by atoms with E-state index in [1.54, 1.807) is 13.3 Å². The molecule has 1 aromatic rings. The average Bonchev–Trinajstić information content (AvgIpc) is 3.20. The van der Waals surface area contributed by atoms with Gasteiger partial charge >= 0.3 is 0 Å². The van der Waals surface area contributed by atoms with Crippen molar-refractivity contribution in [2.45, 2.75) is 13.0 Å². The van der Waals surface area contributed by atoms with Gasteiger partial charge in [0, 0.05) is 58.6 Å². The SMILES string of the molecule is CN=C(NCCn1ccnc1)N1CCC(COCCOC)C1. The second kappa shape index (κ2) is 9.42. The Morgan fingerprint density at radius 1 is 1.45 bits per heavy atom. The standard InChI is InChI=1S/C15H27N5O2/c1-16-15(18-5-8-19-7-4-17-13-19)20-6-3-14(11-20)12-22-10-9-21-2/h4,7,13-14H,3,5-6,8-12H2,1-2H3,(H,16,18). The number of guanidine groups is 1. The van der Waals surface area contributed by atoms with Crippen molar-refractivity contribution in [3.05, 3.63) is 18.7 Å². The van der Waals surface area contributed by atoms with Crippen LogP contribution in [0.15, 0.2) is 23.7 Å². The minimum atomic E-state index is 0.573. The van der Waals surface area contributed by atoms with Crippen LogP contribution in [-0.2, 0) is 16.0 Å². The molecule has 0 amide bonds. The molecule has 1 fully saturated rings. The average molecular weight is 309 g/mol. The van der Waals surface area contributed by atoms with Crippen molar-refractivity contribution in [1.82, 2.24) is 19.8 Å². The molecular weight excluding hydrogens is 282 g/mol. The van der Waals surface area contributed by atoms with Gasteiger partial charge in [0.05, 0.1) is 26.1 Å². The molecule has 0 aliphatic carbocycles. The molecule has 1 unspecified atom stereocenters. The van der Waals surface area contributed by atoms with E-state index in [-0.39, 0.29) is 0 Å². The summed E-state index contributed by atoms with van der Waals surface area (Å²) in [4.78, 5) is 10.7. The summed E-state index contributed by atoms with van der Waals surface area (Å²) in [5.74, 6) is 1.54. The van der Waals surface area contributed by atoms with Gasteiger partial charge in [-0.25, -0.2) is 4.98 Å². The van der Waals surface area contributed by atoms with Crippen LogP contribution in [0.5, 0.6) is 0 Å². The van der Waals surface area contributed by atoms with Crippen LogP contribution in [0.2, 0.25) is 0 Å². The van der Waals surface area contributed by atoms with Crippen molar-refractivity contribution in [3.8, 4) is 0 Å². The normalized spacial score (nSPS) is 18.9. The molecular formula is C15H27N5O2. The van der Waals surface area contributed by atoms with Crippen molar-refractivity contribution in [2.75, 3.05) is 53.6 Å². The molecule has 7 heteroatoms. The summed E-state index contributed by atoms with van der Waals surface area (Å²) in [6, 6.07) is 0. The van der Waals surface area contributed by atoms with E-state index < -0.39 is 0 Å². The molecule has 1 aliphatic heterocycles. The number of methoxy groups -OCH3 is 1. The summed E-state index contributed by atoms with van der Waals surface area (Å²) in [6.45, 7) is 5.89. The third-order valence-electron chi connectivity index (χ3n) is 3.79. The summed E-state index contributed by atoms with van der Waals surface area (Å²) < 4.78 is 12.7. The fourth-order valence-corrected chi connectivity index (χ4v) is 2.60. The first kappa shape index (κ1) is 16.8. The van der Waals surface area contributed by atoms with Gasteiger partial charge in [-0.3, -0.25) is 4.99 Å². The van der Waals surface area contributed by atoms with Gasteiger partial charge in [-0.05, 0) is 6.42 Å². The number of aromatic nitrogens is 2. The molecule has 1 saturated heterocycles. The number of aliphatic imine (C=N–C) groups is 1. The van der Waals surface area contributed by atoms with E-state index >= 15 is 0 Å². The molecule has 1 aliphatic rings. The maximum absolute atomic E-state index is 5.63. The van der Waals surface area contributed by atoms with Crippen LogP contribution in [0.3, 0.4) is 0 Å². The number of hydrogen-bond acceptors (Lipinski definition) is 4. The van der Waals surface area contributed by atoms with Gasteiger partial charge in [-0.15, -0.1) is 0 Å². The van der Waals surface area contributed by atoms with E-state index in [4.69, 9.17) is 9.47 Å². The highest BCUT2D eigenvalue weighted by Gasteiger charge is 2.24. The van der Waals surface area contributed by atoms with Gasteiger partial charge < -0.3 is 24.3 Å². The quantitative estimate of drug-likeness (QED) is 0.429. The lowest BCUT2D eigenvalue weighted by Gasteiger charge is -2.21. The lowest BCUT2D eigenvalue weighted by Crippen LogP contribution is -2.41. The first-order valence-electron chi connectivity index (χ1n) is 7.81. The van der Waals surface area contributed by atoms with E-state index in [0.29, 0.717) is 19.1 Å². The third-order valence-corrected chi connectivity index (χ3v) is 3.79. The molecule has 7 nitrogen and oxygen atoms in total. The maximum atomic E-state index is 5.63. The number of nitrogens with zero attached hydrogens (tertiary/aromatic N) is 4. The van der Waals surface area contributed by atoms with Crippen molar-refractivity contribution in [1.29, 1.82) is 0 Å². The minimum absolute atomic E-state index is 0.573. The molecule has 0 aromatic carbocycles. The Labute approximate surface area is 132 Å².